The summed E-state index contributed by atoms with van der Waals surface area (Å²) in [5.41, 5.74) is 2.68. The lowest BCUT2D eigenvalue weighted by Gasteiger charge is -2.23. The molecule has 1 amide bonds. The molecule has 0 radical (unpaired) electrons. The van der Waals surface area contributed by atoms with Crippen LogP contribution in [0, 0.1) is 0 Å². The molecule has 7 nitrogen and oxygen atoms in total. The van der Waals surface area contributed by atoms with Crippen LogP contribution < -0.4 is 15.0 Å². The summed E-state index contributed by atoms with van der Waals surface area (Å²) in [4.78, 5) is 27.6. The Kier molecular flexibility index (Phi) is 5.61. The number of aromatic nitrogens is 3. The molecule has 2 aromatic heterocycles. The summed E-state index contributed by atoms with van der Waals surface area (Å²) in [5.74, 6) is 0.757. The van der Waals surface area contributed by atoms with Crippen molar-refractivity contribution in [1.82, 2.24) is 15.0 Å². The normalized spacial score (nSPS) is 10.3. The molecule has 0 saturated heterocycles. The molecule has 2 heterocycles. The van der Waals surface area contributed by atoms with E-state index < -0.39 is 0 Å². The number of pyridine rings is 1. The van der Waals surface area contributed by atoms with E-state index in [0.29, 0.717) is 22.9 Å². The van der Waals surface area contributed by atoms with Gasteiger partial charge < -0.3 is 10.1 Å². The Morgan fingerprint density at radius 1 is 0.900 bits per heavy atom. The minimum atomic E-state index is -0.256. The molecule has 0 spiro atoms. The third-order valence-electron chi connectivity index (χ3n) is 4.37. The average molecular weight is 397 g/mol. The number of para-hydroxylation sites is 1. The first-order valence-electron chi connectivity index (χ1n) is 9.28. The Bertz CT molecular complexity index is 1100. The first-order chi connectivity index (χ1) is 14.8. The van der Waals surface area contributed by atoms with Crippen LogP contribution in [0.3, 0.4) is 0 Å². The molecule has 30 heavy (non-hydrogen) atoms. The van der Waals surface area contributed by atoms with E-state index in [0.717, 1.165) is 11.4 Å². The molecule has 0 saturated carbocycles. The van der Waals surface area contributed by atoms with Gasteiger partial charge in [0.2, 0.25) is 5.95 Å². The highest BCUT2D eigenvalue weighted by atomic mass is 16.5. The number of ether oxygens (including phenoxy) is 1. The molecule has 148 valence electrons. The van der Waals surface area contributed by atoms with Gasteiger partial charge in [-0.15, -0.1) is 0 Å². The van der Waals surface area contributed by atoms with Crippen molar-refractivity contribution in [2.75, 3.05) is 17.3 Å². The second kappa shape index (κ2) is 8.83. The van der Waals surface area contributed by atoms with Crippen molar-refractivity contribution in [1.29, 1.82) is 0 Å². The fourth-order valence-corrected chi connectivity index (χ4v) is 3.03. The highest BCUT2D eigenvalue weighted by Crippen LogP contribution is 2.32. The average Bonchev–Trinajstić information content (AvgIpc) is 2.81. The third kappa shape index (κ3) is 4.10. The third-order valence-corrected chi connectivity index (χ3v) is 4.37. The quantitative estimate of drug-likeness (QED) is 0.512. The van der Waals surface area contributed by atoms with Crippen molar-refractivity contribution in [2.45, 2.75) is 0 Å². The van der Waals surface area contributed by atoms with E-state index >= 15 is 0 Å². The van der Waals surface area contributed by atoms with Crippen molar-refractivity contribution < 1.29 is 9.53 Å². The van der Waals surface area contributed by atoms with Gasteiger partial charge in [0, 0.05) is 24.3 Å². The first kappa shape index (κ1) is 19.1. The summed E-state index contributed by atoms with van der Waals surface area (Å²) in [7, 11) is 1.54. The number of rotatable bonds is 6. The summed E-state index contributed by atoms with van der Waals surface area (Å²) in [6.45, 7) is 0. The van der Waals surface area contributed by atoms with Gasteiger partial charge >= 0.3 is 0 Å². The second-order valence-electron chi connectivity index (χ2n) is 6.30. The minimum absolute atomic E-state index is 0.256. The van der Waals surface area contributed by atoms with Crippen molar-refractivity contribution >= 4 is 28.9 Å². The fraction of sp³-hybridized carbons (Fsp3) is 0.0435. The molecule has 0 fully saturated rings. The van der Waals surface area contributed by atoms with E-state index in [9.17, 15) is 4.79 Å². The smallest absolute Gasteiger partial charge is 0.259 e. The molecule has 4 rings (SSSR count). The lowest BCUT2D eigenvalue weighted by atomic mass is 10.1. The number of amides is 1. The number of nitrogens with zero attached hydrogens (tertiary/aromatic N) is 4. The summed E-state index contributed by atoms with van der Waals surface area (Å²) < 4.78 is 5.29. The summed E-state index contributed by atoms with van der Waals surface area (Å²) >= 11 is 0. The van der Waals surface area contributed by atoms with Crippen LogP contribution >= 0.6 is 0 Å². The largest absolute Gasteiger partial charge is 0.496 e. The van der Waals surface area contributed by atoms with Crippen LogP contribution in [0.25, 0.3) is 0 Å². The monoisotopic (exact) mass is 397 g/mol. The minimum Gasteiger partial charge on any atom is -0.496 e. The van der Waals surface area contributed by atoms with Crippen LogP contribution in [0.4, 0.5) is 23.0 Å². The molecule has 0 atom stereocenters. The molecular formula is C23H19N5O2. The van der Waals surface area contributed by atoms with E-state index in [-0.39, 0.29) is 5.91 Å². The Morgan fingerprint density at radius 3 is 2.47 bits per heavy atom. The van der Waals surface area contributed by atoms with Crippen LogP contribution in [-0.4, -0.2) is 28.0 Å². The lowest BCUT2D eigenvalue weighted by Crippen LogP contribution is -2.15. The molecule has 0 aliphatic rings. The highest BCUT2D eigenvalue weighted by molar-refractivity contribution is 6.06. The van der Waals surface area contributed by atoms with Crippen LogP contribution in [0.15, 0.2) is 91.5 Å². The maximum Gasteiger partial charge on any atom is 0.259 e. The Morgan fingerprint density at radius 2 is 1.70 bits per heavy atom. The number of methoxy groups -OCH3 is 1. The Hall–Kier alpha value is -4.26. The summed E-state index contributed by atoms with van der Waals surface area (Å²) in [6, 6.07) is 20.1. The second-order valence-corrected chi connectivity index (χ2v) is 6.30. The van der Waals surface area contributed by atoms with Crippen LogP contribution in [-0.2, 0) is 0 Å². The topological polar surface area (TPSA) is 80.2 Å². The number of hydrogen-bond acceptors (Lipinski definition) is 6. The Labute approximate surface area is 174 Å². The SMILES string of the molecule is COc1ccccc1C(=O)Nc1cccc(N(c2cccnc2)c2ncccn2)c1. The van der Waals surface area contributed by atoms with Gasteiger partial charge in [-0.3, -0.25) is 14.7 Å². The molecule has 0 aliphatic heterocycles. The zero-order valence-electron chi connectivity index (χ0n) is 16.3. The standard InChI is InChI=1S/C23H19N5O2/c1-30-21-11-3-2-10-20(21)22(29)27-17-7-4-8-18(15-17)28(19-9-5-12-24-16-19)23-25-13-6-14-26-23/h2-16H,1H3,(H,27,29). The lowest BCUT2D eigenvalue weighted by molar-refractivity contribution is 0.102. The van der Waals surface area contributed by atoms with Crippen molar-refractivity contribution in [2.24, 2.45) is 0 Å². The summed E-state index contributed by atoms with van der Waals surface area (Å²) in [6.07, 6.45) is 6.80. The van der Waals surface area contributed by atoms with Gasteiger partial charge in [-0.25, -0.2) is 9.97 Å². The van der Waals surface area contributed by atoms with Crippen LogP contribution in [0.5, 0.6) is 5.75 Å². The predicted octanol–water partition coefficient (Wildman–Crippen LogP) is 4.60. The molecule has 2 aromatic carbocycles. The molecule has 0 bridgehead atoms. The van der Waals surface area contributed by atoms with E-state index in [2.05, 4.69) is 20.3 Å². The van der Waals surface area contributed by atoms with Crippen LogP contribution in [0.1, 0.15) is 10.4 Å². The number of carbonyl (C=O) groups is 1. The van der Waals surface area contributed by atoms with Crippen LogP contribution in [0.2, 0.25) is 0 Å². The number of anilines is 4. The van der Waals surface area contributed by atoms with Crippen molar-refractivity contribution in [3.63, 3.8) is 0 Å². The number of nitrogens with one attached hydrogen (secondary N) is 1. The van der Waals surface area contributed by atoms with Gasteiger partial charge in [-0.05, 0) is 48.5 Å². The number of carbonyl (C=O) groups excluding carboxylic acids is 1. The zero-order valence-corrected chi connectivity index (χ0v) is 16.3. The summed E-state index contributed by atoms with van der Waals surface area (Å²) in [5, 5.41) is 2.93. The molecule has 0 aliphatic carbocycles. The Balaban J connectivity index is 1.68. The van der Waals surface area contributed by atoms with Gasteiger partial charge in [-0.2, -0.15) is 0 Å². The molecular weight excluding hydrogens is 378 g/mol. The van der Waals surface area contributed by atoms with E-state index in [1.807, 2.05) is 47.4 Å². The molecule has 4 aromatic rings. The maximum atomic E-state index is 12.8. The van der Waals surface area contributed by atoms with Crippen molar-refractivity contribution in [3.8, 4) is 5.75 Å². The van der Waals surface area contributed by atoms with Gasteiger partial charge in [0.1, 0.15) is 5.75 Å². The maximum absolute atomic E-state index is 12.8. The number of hydrogen-bond donors (Lipinski definition) is 1. The van der Waals surface area contributed by atoms with E-state index in [1.165, 1.54) is 0 Å². The molecule has 7 heteroatoms. The van der Waals surface area contributed by atoms with Gasteiger partial charge in [-0.1, -0.05) is 18.2 Å². The van der Waals surface area contributed by atoms with Crippen molar-refractivity contribution in [3.05, 3.63) is 97.1 Å². The van der Waals surface area contributed by atoms with Gasteiger partial charge in [0.15, 0.2) is 0 Å². The zero-order chi connectivity index (χ0) is 20.8. The fourth-order valence-electron chi connectivity index (χ4n) is 3.03. The molecule has 0 unspecified atom stereocenters. The van der Waals surface area contributed by atoms with E-state index in [1.54, 1.807) is 56.2 Å². The van der Waals surface area contributed by atoms with Gasteiger partial charge in [0.25, 0.3) is 5.91 Å². The predicted molar refractivity (Wildman–Crippen MR) is 115 cm³/mol. The molecule has 1 N–H and O–H groups in total. The van der Waals surface area contributed by atoms with Gasteiger partial charge in [0.05, 0.1) is 30.2 Å². The first-order valence-corrected chi connectivity index (χ1v) is 9.28. The highest BCUT2D eigenvalue weighted by Gasteiger charge is 2.16. The van der Waals surface area contributed by atoms with E-state index in [4.69, 9.17) is 4.74 Å². The number of benzene rings is 2.